The third-order valence-corrected chi connectivity index (χ3v) is 2.40. The second-order valence-electron chi connectivity index (χ2n) is 2.36. The SMILES string of the molecule is NNC(N)=Nc1c(Cl)cc(Br)cc1Cl. The number of guanidine groups is 1. The molecule has 0 heterocycles. The Balaban J connectivity index is 3.21. The molecule has 0 aliphatic rings. The third kappa shape index (κ3) is 2.75. The molecule has 1 aromatic rings. The van der Waals surface area contributed by atoms with E-state index in [2.05, 4.69) is 26.3 Å². The Kier molecular flexibility index (Phi) is 4.00. The summed E-state index contributed by atoms with van der Waals surface area (Å²) in [7, 11) is 0. The number of nitrogens with zero attached hydrogens (tertiary/aromatic N) is 1. The van der Waals surface area contributed by atoms with Crippen molar-refractivity contribution in [3.8, 4) is 0 Å². The molecule has 0 spiro atoms. The molecule has 0 bridgehead atoms. The number of nitrogens with one attached hydrogen (secondary N) is 1. The number of benzene rings is 1. The highest BCUT2D eigenvalue weighted by atomic mass is 79.9. The maximum absolute atomic E-state index is 5.89. The van der Waals surface area contributed by atoms with E-state index in [0.29, 0.717) is 15.7 Å². The Morgan fingerprint density at radius 1 is 1.36 bits per heavy atom. The summed E-state index contributed by atoms with van der Waals surface area (Å²) in [5.41, 5.74) is 7.93. The zero-order chi connectivity index (χ0) is 10.7. The molecule has 1 rings (SSSR count). The highest BCUT2D eigenvalue weighted by Gasteiger charge is 2.06. The molecular weight excluding hydrogens is 291 g/mol. The van der Waals surface area contributed by atoms with E-state index in [1.807, 2.05) is 0 Å². The number of halogens is 3. The molecule has 76 valence electrons. The maximum Gasteiger partial charge on any atom is 0.208 e. The number of hydrazine groups is 1. The Bertz CT molecular complexity index is 357. The lowest BCUT2D eigenvalue weighted by Crippen LogP contribution is -2.36. The monoisotopic (exact) mass is 296 g/mol. The zero-order valence-electron chi connectivity index (χ0n) is 6.89. The van der Waals surface area contributed by atoms with Gasteiger partial charge in [-0.15, -0.1) is 0 Å². The zero-order valence-corrected chi connectivity index (χ0v) is 9.99. The molecule has 5 N–H and O–H groups in total. The van der Waals surface area contributed by atoms with Crippen LogP contribution in [0.4, 0.5) is 5.69 Å². The summed E-state index contributed by atoms with van der Waals surface area (Å²) in [4.78, 5) is 3.89. The van der Waals surface area contributed by atoms with Crippen LogP contribution in [0.2, 0.25) is 10.0 Å². The predicted octanol–water partition coefficient (Wildman–Crippen LogP) is 2.17. The van der Waals surface area contributed by atoms with E-state index in [0.717, 1.165) is 4.47 Å². The number of hydrogen-bond acceptors (Lipinski definition) is 2. The van der Waals surface area contributed by atoms with Crippen LogP contribution in [0.1, 0.15) is 0 Å². The number of rotatable bonds is 1. The van der Waals surface area contributed by atoms with Crippen molar-refractivity contribution in [1.29, 1.82) is 0 Å². The second kappa shape index (κ2) is 4.84. The molecule has 0 radical (unpaired) electrons. The van der Waals surface area contributed by atoms with Gasteiger partial charge in [0.05, 0.1) is 10.0 Å². The van der Waals surface area contributed by atoms with Crippen molar-refractivity contribution in [1.82, 2.24) is 5.43 Å². The summed E-state index contributed by atoms with van der Waals surface area (Å²) in [6, 6.07) is 3.33. The van der Waals surface area contributed by atoms with E-state index in [4.69, 9.17) is 34.8 Å². The van der Waals surface area contributed by atoms with Gasteiger partial charge in [0.25, 0.3) is 0 Å². The quantitative estimate of drug-likeness (QED) is 0.322. The first-order valence-corrected chi connectivity index (χ1v) is 5.05. The van der Waals surface area contributed by atoms with E-state index >= 15 is 0 Å². The number of nitrogens with two attached hydrogens (primary N) is 2. The molecule has 1 aromatic carbocycles. The van der Waals surface area contributed by atoms with Crippen LogP contribution in [0.5, 0.6) is 0 Å². The van der Waals surface area contributed by atoms with Crippen molar-refractivity contribution < 1.29 is 0 Å². The molecule has 14 heavy (non-hydrogen) atoms. The lowest BCUT2D eigenvalue weighted by atomic mass is 10.3. The first-order chi connectivity index (χ1) is 6.54. The summed E-state index contributed by atoms with van der Waals surface area (Å²) in [6.07, 6.45) is 0. The number of aliphatic imine (C=N–C) groups is 1. The molecule has 0 aromatic heterocycles. The minimum atomic E-state index is 0.0381. The Hall–Kier alpha value is -0.490. The van der Waals surface area contributed by atoms with E-state index in [1.54, 1.807) is 12.1 Å². The normalized spacial score (nSPS) is 11.6. The fourth-order valence-electron chi connectivity index (χ4n) is 0.794. The van der Waals surface area contributed by atoms with Crippen LogP contribution >= 0.6 is 39.1 Å². The molecule has 0 saturated carbocycles. The molecule has 4 nitrogen and oxygen atoms in total. The average molecular weight is 298 g/mol. The van der Waals surface area contributed by atoms with E-state index in [-0.39, 0.29) is 5.96 Å². The average Bonchev–Trinajstić information content (AvgIpc) is 2.10. The molecule has 0 atom stereocenters. The van der Waals surface area contributed by atoms with E-state index < -0.39 is 0 Å². The topological polar surface area (TPSA) is 76.4 Å². The highest BCUT2D eigenvalue weighted by molar-refractivity contribution is 9.10. The van der Waals surface area contributed by atoms with Crippen LogP contribution < -0.4 is 17.0 Å². The maximum atomic E-state index is 5.89. The Labute approximate surface area is 99.4 Å². The second-order valence-corrected chi connectivity index (χ2v) is 4.09. The van der Waals surface area contributed by atoms with Gasteiger partial charge in [0.15, 0.2) is 0 Å². The van der Waals surface area contributed by atoms with E-state index in [9.17, 15) is 0 Å². The number of hydrogen-bond donors (Lipinski definition) is 3. The van der Waals surface area contributed by atoms with Gasteiger partial charge in [0, 0.05) is 4.47 Å². The third-order valence-electron chi connectivity index (χ3n) is 1.36. The fraction of sp³-hybridized carbons (Fsp3) is 0. The summed E-state index contributed by atoms with van der Waals surface area (Å²) in [5, 5.41) is 0.783. The van der Waals surface area contributed by atoms with Crippen molar-refractivity contribution in [2.24, 2.45) is 16.6 Å². The van der Waals surface area contributed by atoms with Crippen LogP contribution in [0.15, 0.2) is 21.6 Å². The Morgan fingerprint density at radius 2 is 1.86 bits per heavy atom. The van der Waals surface area contributed by atoms with Crippen molar-refractivity contribution in [2.75, 3.05) is 0 Å². The van der Waals surface area contributed by atoms with Gasteiger partial charge in [0.2, 0.25) is 5.96 Å². The van der Waals surface area contributed by atoms with Gasteiger partial charge in [-0.1, -0.05) is 39.1 Å². The predicted molar refractivity (Wildman–Crippen MR) is 62.8 cm³/mol. The van der Waals surface area contributed by atoms with Crippen molar-refractivity contribution in [3.05, 3.63) is 26.7 Å². The molecule has 0 fully saturated rings. The minimum Gasteiger partial charge on any atom is -0.369 e. The van der Waals surface area contributed by atoms with Gasteiger partial charge >= 0.3 is 0 Å². The summed E-state index contributed by atoms with van der Waals surface area (Å²) < 4.78 is 0.769. The van der Waals surface area contributed by atoms with Crippen LogP contribution in [0.3, 0.4) is 0 Å². The van der Waals surface area contributed by atoms with Crippen molar-refractivity contribution >= 4 is 50.8 Å². The molecule has 0 aliphatic carbocycles. The molecule has 0 unspecified atom stereocenters. The van der Waals surface area contributed by atoms with Gasteiger partial charge in [-0.3, -0.25) is 5.43 Å². The van der Waals surface area contributed by atoms with Crippen LogP contribution in [0, 0.1) is 0 Å². The molecule has 0 amide bonds. The highest BCUT2D eigenvalue weighted by Crippen LogP contribution is 2.35. The smallest absolute Gasteiger partial charge is 0.208 e. The standard InChI is InChI=1S/C7H7BrCl2N4/c8-3-1-4(9)6(5(10)2-3)13-7(11)14-12/h1-2H,12H2,(H3,11,13,14). The minimum absolute atomic E-state index is 0.0381. The first-order valence-electron chi connectivity index (χ1n) is 3.50. The summed E-state index contributed by atoms with van der Waals surface area (Å²) >= 11 is 15.0. The molecule has 0 aliphatic heterocycles. The van der Waals surface area contributed by atoms with E-state index in [1.165, 1.54) is 0 Å². The van der Waals surface area contributed by atoms with Gasteiger partial charge in [0.1, 0.15) is 5.69 Å². The summed E-state index contributed by atoms with van der Waals surface area (Å²) in [5.74, 6) is 5.09. The first kappa shape index (κ1) is 11.6. The molecule has 7 heteroatoms. The molecular formula is C7H7BrCl2N4. The van der Waals surface area contributed by atoms with Crippen molar-refractivity contribution in [3.63, 3.8) is 0 Å². The van der Waals surface area contributed by atoms with Gasteiger partial charge < -0.3 is 5.73 Å². The summed E-state index contributed by atoms with van der Waals surface area (Å²) in [6.45, 7) is 0. The van der Waals surface area contributed by atoms with Gasteiger partial charge in [-0.25, -0.2) is 10.8 Å². The lowest BCUT2D eigenvalue weighted by molar-refractivity contribution is 1.01. The van der Waals surface area contributed by atoms with Crippen LogP contribution in [0.25, 0.3) is 0 Å². The molecule has 0 saturated heterocycles. The largest absolute Gasteiger partial charge is 0.369 e. The lowest BCUT2D eigenvalue weighted by Gasteiger charge is -2.04. The van der Waals surface area contributed by atoms with Gasteiger partial charge in [-0.05, 0) is 12.1 Å². The fourth-order valence-corrected chi connectivity index (χ4v) is 2.09. The van der Waals surface area contributed by atoms with Crippen LogP contribution in [-0.2, 0) is 0 Å². The van der Waals surface area contributed by atoms with Crippen molar-refractivity contribution in [2.45, 2.75) is 0 Å². The Morgan fingerprint density at radius 3 is 2.29 bits per heavy atom. The van der Waals surface area contributed by atoms with Gasteiger partial charge in [-0.2, -0.15) is 0 Å². The van der Waals surface area contributed by atoms with Crippen LogP contribution in [-0.4, -0.2) is 5.96 Å².